The van der Waals surface area contributed by atoms with Gasteiger partial charge in [-0.3, -0.25) is 4.79 Å². The van der Waals surface area contributed by atoms with Crippen LogP contribution < -0.4 is 10.1 Å². The fourth-order valence-electron chi connectivity index (χ4n) is 2.94. The van der Waals surface area contributed by atoms with Gasteiger partial charge in [0.05, 0.1) is 17.4 Å². The van der Waals surface area contributed by atoms with E-state index in [9.17, 15) is 19.8 Å². The Balaban J connectivity index is 1.95. The van der Waals surface area contributed by atoms with E-state index < -0.39 is 11.9 Å². The molecule has 6 heteroatoms. The number of benzene rings is 3. The van der Waals surface area contributed by atoms with Gasteiger partial charge in [0.2, 0.25) is 0 Å². The molecule has 3 rings (SSSR count). The van der Waals surface area contributed by atoms with E-state index >= 15 is 0 Å². The summed E-state index contributed by atoms with van der Waals surface area (Å²) in [5, 5.41) is 21.9. The number of anilines is 1. The second-order valence-electron chi connectivity index (χ2n) is 7.15. The number of amides is 1. The first-order valence-corrected chi connectivity index (χ1v) is 9.75. The van der Waals surface area contributed by atoms with E-state index in [0.29, 0.717) is 11.1 Å². The highest BCUT2D eigenvalue weighted by Crippen LogP contribution is 2.27. The fraction of sp³-hybridized carbons (Fsp3) is 0.120. The fourth-order valence-corrected chi connectivity index (χ4v) is 2.94. The molecule has 6 nitrogen and oxygen atoms in total. The number of carbonyl (C=O) groups is 2. The van der Waals surface area contributed by atoms with Crippen LogP contribution in [0.4, 0.5) is 5.69 Å². The highest BCUT2D eigenvalue weighted by atomic mass is 16.5. The van der Waals surface area contributed by atoms with E-state index in [1.54, 1.807) is 18.2 Å². The minimum absolute atomic E-state index is 0.0208. The first kappa shape index (κ1) is 21.6. The van der Waals surface area contributed by atoms with Crippen molar-refractivity contribution in [3.8, 4) is 11.5 Å². The monoisotopic (exact) mass is 417 g/mol. The molecule has 158 valence electrons. The van der Waals surface area contributed by atoms with Crippen molar-refractivity contribution < 1.29 is 24.5 Å². The standard InChI is InChI=1S/C25H23NO5/c1-16(2)31-20-11-8-17(9-12-20)14-21(18-6-4-3-5-7-18)24(28)26-22-15-19(25(29)30)10-13-23(22)27/h3-16,27H,1-2H3,(H,26,28)(H,29,30)/b21-14+. The third-order valence-electron chi connectivity index (χ3n) is 4.38. The van der Waals surface area contributed by atoms with Gasteiger partial charge in [-0.15, -0.1) is 0 Å². The zero-order chi connectivity index (χ0) is 22.4. The molecule has 0 saturated heterocycles. The molecule has 0 bridgehead atoms. The first-order chi connectivity index (χ1) is 14.8. The van der Waals surface area contributed by atoms with Gasteiger partial charge in [-0.1, -0.05) is 42.5 Å². The number of carboxylic acid groups (broad SMARTS) is 1. The number of hydrogen-bond acceptors (Lipinski definition) is 4. The van der Waals surface area contributed by atoms with Crippen LogP contribution >= 0.6 is 0 Å². The Morgan fingerprint density at radius 1 is 0.935 bits per heavy atom. The van der Waals surface area contributed by atoms with Crippen molar-refractivity contribution in [1.29, 1.82) is 0 Å². The largest absolute Gasteiger partial charge is 0.506 e. The lowest BCUT2D eigenvalue weighted by Crippen LogP contribution is -2.14. The highest BCUT2D eigenvalue weighted by molar-refractivity contribution is 6.29. The summed E-state index contributed by atoms with van der Waals surface area (Å²) in [5.74, 6) is -1.13. The van der Waals surface area contributed by atoms with Gasteiger partial charge in [0.1, 0.15) is 11.5 Å². The summed E-state index contributed by atoms with van der Waals surface area (Å²) in [6.07, 6.45) is 1.78. The van der Waals surface area contributed by atoms with Gasteiger partial charge in [0.25, 0.3) is 5.91 Å². The van der Waals surface area contributed by atoms with Crippen LogP contribution in [-0.2, 0) is 4.79 Å². The first-order valence-electron chi connectivity index (χ1n) is 9.75. The van der Waals surface area contributed by atoms with Gasteiger partial charge >= 0.3 is 5.97 Å². The average Bonchev–Trinajstić information content (AvgIpc) is 2.74. The predicted molar refractivity (Wildman–Crippen MR) is 120 cm³/mol. The summed E-state index contributed by atoms with van der Waals surface area (Å²) >= 11 is 0. The molecule has 0 saturated carbocycles. The number of aromatic carboxylic acids is 1. The third kappa shape index (κ3) is 5.73. The number of phenols is 1. The predicted octanol–water partition coefficient (Wildman–Crippen LogP) is 5.06. The maximum atomic E-state index is 13.1. The number of nitrogens with one attached hydrogen (secondary N) is 1. The average molecular weight is 417 g/mol. The lowest BCUT2D eigenvalue weighted by Gasteiger charge is -2.12. The number of hydrogen-bond donors (Lipinski definition) is 3. The quantitative estimate of drug-likeness (QED) is 0.284. The van der Waals surface area contributed by atoms with Gasteiger partial charge in [0, 0.05) is 5.57 Å². The molecule has 3 aromatic carbocycles. The van der Waals surface area contributed by atoms with E-state index in [0.717, 1.165) is 11.3 Å². The smallest absolute Gasteiger partial charge is 0.335 e. The second-order valence-corrected chi connectivity index (χ2v) is 7.15. The molecule has 0 unspecified atom stereocenters. The van der Waals surface area contributed by atoms with E-state index in [2.05, 4.69) is 5.32 Å². The molecule has 0 spiro atoms. The van der Waals surface area contributed by atoms with Crippen molar-refractivity contribution in [3.05, 3.63) is 89.5 Å². The Hall–Kier alpha value is -4.06. The molecule has 3 N–H and O–H groups in total. The van der Waals surface area contributed by atoms with Gasteiger partial charge in [-0.25, -0.2) is 4.79 Å². The summed E-state index contributed by atoms with van der Waals surface area (Å²) in [7, 11) is 0. The van der Waals surface area contributed by atoms with Crippen molar-refractivity contribution in [2.45, 2.75) is 20.0 Å². The minimum atomic E-state index is -1.15. The van der Waals surface area contributed by atoms with Crippen LogP contribution in [0, 0.1) is 0 Å². The zero-order valence-electron chi connectivity index (χ0n) is 17.2. The summed E-state index contributed by atoms with van der Waals surface area (Å²) in [6.45, 7) is 3.89. The Labute approximate surface area is 180 Å². The number of carbonyl (C=O) groups excluding carboxylic acids is 1. The number of rotatable bonds is 7. The Bertz CT molecular complexity index is 1100. The van der Waals surface area contributed by atoms with Crippen LogP contribution in [0.2, 0.25) is 0 Å². The number of phenolic OH excluding ortho intramolecular Hbond substituents is 1. The van der Waals surface area contributed by atoms with Crippen LogP contribution in [0.25, 0.3) is 11.6 Å². The molecule has 31 heavy (non-hydrogen) atoms. The summed E-state index contributed by atoms with van der Waals surface area (Å²) < 4.78 is 5.65. The lowest BCUT2D eigenvalue weighted by atomic mass is 10.0. The Kier molecular flexibility index (Phi) is 6.72. The summed E-state index contributed by atoms with van der Waals surface area (Å²) in [6, 6.07) is 20.1. The van der Waals surface area contributed by atoms with Crippen LogP contribution in [0.3, 0.4) is 0 Å². The minimum Gasteiger partial charge on any atom is -0.506 e. The van der Waals surface area contributed by atoms with E-state index in [4.69, 9.17) is 4.74 Å². The summed E-state index contributed by atoms with van der Waals surface area (Å²) in [4.78, 5) is 24.3. The van der Waals surface area contributed by atoms with Crippen LogP contribution in [0.15, 0.2) is 72.8 Å². The zero-order valence-corrected chi connectivity index (χ0v) is 17.2. The maximum Gasteiger partial charge on any atom is 0.335 e. The molecule has 0 heterocycles. The number of ether oxygens (including phenoxy) is 1. The normalized spacial score (nSPS) is 11.3. The Morgan fingerprint density at radius 3 is 2.23 bits per heavy atom. The van der Waals surface area contributed by atoms with Crippen LogP contribution in [-0.4, -0.2) is 28.2 Å². The van der Waals surface area contributed by atoms with Crippen LogP contribution in [0.5, 0.6) is 11.5 Å². The molecule has 0 aliphatic heterocycles. The summed E-state index contributed by atoms with van der Waals surface area (Å²) in [5.41, 5.74) is 1.80. The number of carboxylic acids is 1. The number of aromatic hydroxyl groups is 1. The molecular formula is C25H23NO5. The molecule has 1 amide bonds. The van der Waals surface area contributed by atoms with Gasteiger partial charge in [0.15, 0.2) is 0 Å². The topological polar surface area (TPSA) is 95.9 Å². The molecule has 0 aromatic heterocycles. The van der Waals surface area contributed by atoms with Crippen molar-refractivity contribution in [1.82, 2.24) is 0 Å². The lowest BCUT2D eigenvalue weighted by molar-refractivity contribution is -0.111. The van der Waals surface area contributed by atoms with Gasteiger partial charge in [-0.05, 0) is 61.4 Å². The van der Waals surface area contributed by atoms with Crippen molar-refractivity contribution in [3.63, 3.8) is 0 Å². The van der Waals surface area contributed by atoms with Crippen LogP contribution in [0.1, 0.15) is 35.3 Å². The SMILES string of the molecule is CC(C)Oc1ccc(/C=C(/C(=O)Nc2cc(C(=O)O)ccc2O)c2ccccc2)cc1. The van der Waals surface area contributed by atoms with E-state index in [1.807, 2.05) is 56.3 Å². The molecule has 0 atom stereocenters. The van der Waals surface area contributed by atoms with E-state index in [-0.39, 0.29) is 23.1 Å². The molecular weight excluding hydrogens is 394 g/mol. The molecule has 0 aliphatic carbocycles. The second kappa shape index (κ2) is 9.63. The third-order valence-corrected chi connectivity index (χ3v) is 4.38. The van der Waals surface area contributed by atoms with Crippen molar-refractivity contribution in [2.24, 2.45) is 0 Å². The molecule has 0 aliphatic rings. The highest BCUT2D eigenvalue weighted by Gasteiger charge is 2.16. The molecule has 0 radical (unpaired) electrons. The van der Waals surface area contributed by atoms with Crippen molar-refractivity contribution in [2.75, 3.05) is 5.32 Å². The molecule has 0 fully saturated rings. The van der Waals surface area contributed by atoms with E-state index in [1.165, 1.54) is 18.2 Å². The van der Waals surface area contributed by atoms with Gasteiger partial charge < -0.3 is 20.3 Å². The molecule has 3 aromatic rings. The van der Waals surface area contributed by atoms with Crippen molar-refractivity contribution >= 4 is 29.2 Å². The Morgan fingerprint density at radius 2 is 1.61 bits per heavy atom. The van der Waals surface area contributed by atoms with Gasteiger partial charge in [-0.2, -0.15) is 0 Å². The maximum absolute atomic E-state index is 13.1.